The molecule has 0 spiro atoms. The monoisotopic (exact) mass is 465 g/mol. The number of carbonyl (C=O) groups excluding carboxylic acids is 1. The van der Waals surface area contributed by atoms with Crippen molar-refractivity contribution in [2.45, 2.75) is 65.1 Å². The van der Waals surface area contributed by atoms with E-state index in [1.165, 1.54) is 32.1 Å². The molecule has 1 fully saturated rings. The molecule has 8 heteroatoms. The highest BCUT2D eigenvalue weighted by Crippen LogP contribution is 2.32. The molecule has 34 heavy (non-hydrogen) atoms. The standard InChI is InChI=1S/C26H35N5O3/c1-5-31-25-21(16-29-31)24(30-17(2)18-9-7-6-8-10-18)22(15-27-25)26(32)28-14-19-11-12-20(33-3)13-23(19)34-4/h11-13,15-18H,5-10,14H2,1-4H3,(H,27,30)(H,28,32)/t17-/m1/s1. The predicted molar refractivity (Wildman–Crippen MR) is 134 cm³/mol. The average molecular weight is 466 g/mol. The molecule has 8 nitrogen and oxygen atoms in total. The van der Waals surface area contributed by atoms with Crippen molar-refractivity contribution in [3.05, 3.63) is 41.7 Å². The van der Waals surface area contributed by atoms with Crippen LogP contribution in [-0.2, 0) is 13.1 Å². The minimum absolute atomic E-state index is 0.185. The molecule has 2 N–H and O–H groups in total. The Balaban J connectivity index is 1.60. The molecule has 0 bridgehead atoms. The second kappa shape index (κ2) is 10.8. The van der Waals surface area contributed by atoms with Crippen molar-refractivity contribution >= 4 is 22.6 Å². The van der Waals surface area contributed by atoms with E-state index < -0.39 is 0 Å². The Kier molecular flexibility index (Phi) is 7.55. The number of amides is 1. The number of benzene rings is 1. The second-order valence-corrected chi connectivity index (χ2v) is 8.94. The molecular weight excluding hydrogens is 430 g/mol. The molecule has 4 rings (SSSR count). The fourth-order valence-corrected chi connectivity index (χ4v) is 4.83. The molecule has 3 aromatic rings. The lowest BCUT2D eigenvalue weighted by Gasteiger charge is -2.29. The van der Waals surface area contributed by atoms with Crippen molar-refractivity contribution < 1.29 is 14.3 Å². The van der Waals surface area contributed by atoms with E-state index in [0.717, 1.165) is 28.8 Å². The summed E-state index contributed by atoms with van der Waals surface area (Å²) < 4.78 is 12.6. The van der Waals surface area contributed by atoms with Gasteiger partial charge < -0.3 is 20.1 Å². The van der Waals surface area contributed by atoms with Crippen LogP contribution in [0, 0.1) is 5.92 Å². The average Bonchev–Trinajstić information content (AvgIpc) is 3.31. The maximum atomic E-state index is 13.4. The van der Waals surface area contributed by atoms with Crippen LogP contribution < -0.4 is 20.1 Å². The number of hydrogen-bond acceptors (Lipinski definition) is 6. The molecular formula is C26H35N5O3. The molecule has 1 aliphatic carbocycles. The van der Waals surface area contributed by atoms with Gasteiger partial charge in [-0.3, -0.25) is 4.79 Å². The first-order valence-electron chi connectivity index (χ1n) is 12.2. The fourth-order valence-electron chi connectivity index (χ4n) is 4.83. The van der Waals surface area contributed by atoms with Crippen molar-refractivity contribution in [1.29, 1.82) is 0 Å². The highest BCUT2D eigenvalue weighted by Gasteiger charge is 2.24. The normalized spacial score (nSPS) is 15.2. The van der Waals surface area contributed by atoms with E-state index in [9.17, 15) is 4.79 Å². The van der Waals surface area contributed by atoms with Crippen LogP contribution in [0.2, 0.25) is 0 Å². The van der Waals surface area contributed by atoms with Crippen LogP contribution in [0.1, 0.15) is 61.9 Å². The number of methoxy groups -OCH3 is 2. The number of nitrogens with one attached hydrogen (secondary N) is 2. The molecule has 2 heterocycles. The van der Waals surface area contributed by atoms with Crippen molar-refractivity contribution in [2.24, 2.45) is 5.92 Å². The van der Waals surface area contributed by atoms with E-state index in [2.05, 4.69) is 27.6 Å². The summed E-state index contributed by atoms with van der Waals surface area (Å²) in [6.45, 7) is 5.30. The van der Waals surface area contributed by atoms with Gasteiger partial charge in [-0.25, -0.2) is 9.67 Å². The number of aromatic nitrogens is 3. The second-order valence-electron chi connectivity index (χ2n) is 8.94. The van der Waals surface area contributed by atoms with Gasteiger partial charge in [-0.1, -0.05) is 19.3 Å². The van der Waals surface area contributed by atoms with Crippen LogP contribution in [-0.4, -0.2) is 40.9 Å². The summed E-state index contributed by atoms with van der Waals surface area (Å²) in [6.07, 6.45) is 9.76. The number of nitrogens with zero attached hydrogens (tertiary/aromatic N) is 3. The molecule has 0 radical (unpaired) electrons. The lowest BCUT2D eigenvalue weighted by molar-refractivity contribution is 0.0951. The van der Waals surface area contributed by atoms with Gasteiger partial charge in [0, 0.05) is 37.0 Å². The number of pyridine rings is 1. The van der Waals surface area contributed by atoms with Gasteiger partial charge in [0.05, 0.1) is 37.1 Å². The van der Waals surface area contributed by atoms with Crippen LogP contribution in [0.3, 0.4) is 0 Å². The number of carbonyl (C=O) groups is 1. The summed E-state index contributed by atoms with van der Waals surface area (Å²) in [5, 5.41) is 12.1. The zero-order valence-corrected chi connectivity index (χ0v) is 20.6. The Hall–Kier alpha value is -3.29. The molecule has 2 aromatic heterocycles. The zero-order chi connectivity index (χ0) is 24.1. The Labute approximate surface area is 201 Å². The molecule has 1 amide bonds. The molecule has 0 aliphatic heterocycles. The van der Waals surface area contributed by atoms with Gasteiger partial charge in [0.25, 0.3) is 5.91 Å². The number of ether oxygens (including phenoxy) is 2. The Morgan fingerprint density at radius 1 is 1.18 bits per heavy atom. The van der Waals surface area contributed by atoms with E-state index in [4.69, 9.17) is 9.47 Å². The quantitative estimate of drug-likeness (QED) is 0.473. The van der Waals surface area contributed by atoms with E-state index >= 15 is 0 Å². The molecule has 1 atom stereocenters. The van der Waals surface area contributed by atoms with Gasteiger partial charge in [0.2, 0.25) is 0 Å². The van der Waals surface area contributed by atoms with Crippen LogP contribution in [0.5, 0.6) is 11.5 Å². The molecule has 1 aromatic carbocycles. The summed E-state index contributed by atoms with van der Waals surface area (Å²) in [5.74, 6) is 1.78. The smallest absolute Gasteiger partial charge is 0.255 e. The lowest BCUT2D eigenvalue weighted by Crippen LogP contribution is -2.30. The van der Waals surface area contributed by atoms with Crippen molar-refractivity contribution in [2.75, 3.05) is 19.5 Å². The topological polar surface area (TPSA) is 90.3 Å². The number of rotatable bonds is 9. The summed E-state index contributed by atoms with van der Waals surface area (Å²) >= 11 is 0. The van der Waals surface area contributed by atoms with Crippen LogP contribution in [0.25, 0.3) is 11.0 Å². The van der Waals surface area contributed by atoms with Gasteiger partial charge in [-0.05, 0) is 44.7 Å². The summed E-state index contributed by atoms with van der Waals surface area (Å²) in [5.41, 5.74) is 2.99. The van der Waals surface area contributed by atoms with E-state index in [-0.39, 0.29) is 11.9 Å². The van der Waals surface area contributed by atoms with Crippen molar-refractivity contribution in [1.82, 2.24) is 20.1 Å². The Morgan fingerprint density at radius 3 is 2.68 bits per heavy atom. The van der Waals surface area contributed by atoms with E-state index in [1.807, 2.05) is 36.0 Å². The zero-order valence-electron chi connectivity index (χ0n) is 20.6. The summed E-state index contributed by atoms with van der Waals surface area (Å²) in [7, 11) is 3.22. The third-order valence-corrected chi connectivity index (χ3v) is 6.87. The molecule has 1 saturated carbocycles. The first-order valence-corrected chi connectivity index (χ1v) is 12.2. The summed E-state index contributed by atoms with van der Waals surface area (Å²) in [4.78, 5) is 17.9. The minimum atomic E-state index is -0.185. The van der Waals surface area contributed by atoms with Crippen molar-refractivity contribution in [3.63, 3.8) is 0 Å². The predicted octanol–water partition coefficient (Wildman–Crippen LogP) is 4.78. The van der Waals surface area contributed by atoms with E-state index in [0.29, 0.717) is 29.5 Å². The first-order chi connectivity index (χ1) is 16.5. The summed E-state index contributed by atoms with van der Waals surface area (Å²) in [6, 6.07) is 5.82. The lowest BCUT2D eigenvalue weighted by atomic mass is 9.84. The van der Waals surface area contributed by atoms with Gasteiger partial charge in [0.15, 0.2) is 5.65 Å². The molecule has 0 unspecified atom stereocenters. The SMILES string of the molecule is CCn1ncc2c(N[C@H](C)C3CCCCC3)c(C(=O)NCc3ccc(OC)cc3OC)cnc21. The number of hydrogen-bond donors (Lipinski definition) is 2. The number of aryl methyl sites for hydroxylation is 1. The molecule has 182 valence electrons. The van der Waals surface area contributed by atoms with Crippen LogP contribution >= 0.6 is 0 Å². The van der Waals surface area contributed by atoms with Gasteiger partial charge in [-0.15, -0.1) is 0 Å². The fraction of sp³-hybridized carbons (Fsp3) is 0.500. The third-order valence-electron chi connectivity index (χ3n) is 6.87. The highest BCUT2D eigenvalue weighted by molar-refractivity contribution is 6.06. The van der Waals surface area contributed by atoms with Gasteiger partial charge in [-0.2, -0.15) is 5.10 Å². The highest BCUT2D eigenvalue weighted by atomic mass is 16.5. The minimum Gasteiger partial charge on any atom is -0.497 e. The van der Waals surface area contributed by atoms with Crippen LogP contribution in [0.15, 0.2) is 30.6 Å². The van der Waals surface area contributed by atoms with E-state index in [1.54, 1.807) is 20.4 Å². The maximum absolute atomic E-state index is 13.4. The molecule has 0 saturated heterocycles. The largest absolute Gasteiger partial charge is 0.497 e. The third kappa shape index (κ3) is 4.95. The Morgan fingerprint density at radius 2 is 1.97 bits per heavy atom. The maximum Gasteiger partial charge on any atom is 0.255 e. The van der Waals surface area contributed by atoms with Gasteiger partial charge >= 0.3 is 0 Å². The number of fused-ring (bicyclic) bond motifs is 1. The number of anilines is 1. The van der Waals surface area contributed by atoms with Crippen LogP contribution in [0.4, 0.5) is 5.69 Å². The van der Waals surface area contributed by atoms with Crippen molar-refractivity contribution in [3.8, 4) is 11.5 Å². The van der Waals surface area contributed by atoms with Gasteiger partial charge in [0.1, 0.15) is 11.5 Å². The Bertz CT molecular complexity index is 1140. The molecule has 1 aliphatic rings. The first kappa shape index (κ1) is 23.9.